The largest absolute Gasteiger partial charge is 0.497 e. The van der Waals surface area contributed by atoms with Crippen LogP contribution >= 0.6 is 0 Å². The number of anilines is 3. The molecule has 11 nitrogen and oxygen atoms in total. The minimum absolute atomic E-state index is 0.0112. The summed E-state index contributed by atoms with van der Waals surface area (Å²) in [6.07, 6.45) is 0. The summed E-state index contributed by atoms with van der Waals surface area (Å²) in [6, 6.07) is 15.1. The zero-order chi connectivity index (χ0) is 28.5. The second kappa shape index (κ2) is 8.90. The van der Waals surface area contributed by atoms with Gasteiger partial charge in [0.15, 0.2) is 0 Å². The Labute approximate surface area is 226 Å². The summed E-state index contributed by atoms with van der Waals surface area (Å²) < 4.78 is 10.4. The molecule has 0 saturated carbocycles. The zero-order valence-corrected chi connectivity index (χ0v) is 21.5. The summed E-state index contributed by atoms with van der Waals surface area (Å²) in [5.74, 6) is -1.92. The predicted octanol–water partition coefficient (Wildman–Crippen LogP) is 4.35. The Morgan fingerprint density at radius 2 is 1.12 bits per heavy atom. The van der Waals surface area contributed by atoms with E-state index in [4.69, 9.17) is 9.47 Å². The van der Waals surface area contributed by atoms with Crippen molar-refractivity contribution in [2.75, 3.05) is 29.2 Å². The van der Waals surface area contributed by atoms with Gasteiger partial charge in [-0.1, -0.05) is 0 Å². The van der Waals surface area contributed by atoms with Gasteiger partial charge in [-0.15, -0.1) is 5.23 Å². The van der Waals surface area contributed by atoms with Crippen molar-refractivity contribution in [3.8, 4) is 11.5 Å². The Morgan fingerprint density at radius 3 is 1.55 bits per heavy atom. The second-order valence-corrected chi connectivity index (χ2v) is 9.26. The maximum Gasteiger partial charge on any atom is 0.265 e. The number of hydrogen-bond acceptors (Lipinski definition) is 9. The van der Waals surface area contributed by atoms with Crippen LogP contribution in [0.3, 0.4) is 0 Å². The van der Waals surface area contributed by atoms with Crippen LogP contribution in [-0.4, -0.2) is 48.3 Å². The number of benzene rings is 4. The Morgan fingerprint density at radius 1 is 0.650 bits per heavy atom. The van der Waals surface area contributed by atoms with Gasteiger partial charge in [0, 0.05) is 39.1 Å². The van der Waals surface area contributed by atoms with Crippen molar-refractivity contribution in [3.63, 3.8) is 0 Å². The summed E-state index contributed by atoms with van der Waals surface area (Å²) in [4.78, 5) is 56.8. The van der Waals surface area contributed by atoms with Crippen LogP contribution in [0, 0.1) is 6.92 Å². The van der Waals surface area contributed by atoms with E-state index >= 15 is 0 Å². The number of carbonyl (C=O) groups is 4. The highest BCUT2D eigenvalue weighted by atomic mass is 16.8. The SMILES string of the molecule is COc1ccc(N2C(=O)c3ccc4c5c(ccc(c35)C2=O)C(=O)N(c2cc(OC)c(N(O)O)cc2C)C4=O)cc1. The van der Waals surface area contributed by atoms with Gasteiger partial charge in [0.2, 0.25) is 0 Å². The number of methoxy groups -OCH3 is 2. The lowest BCUT2D eigenvalue weighted by atomic mass is 9.85. The fourth-order valence-corrected chi connectivity index (χ4v) is 5.28. The highest BCUT2D eigenvalue weighted by Crippen LogP contribution is 2.42. The van der Waals surface area contributed by atoms with Crippen LogP contribution in [0.2, 0.25) is 0 Å². The third-order valence-corrected chi connectivity index (χ3v) is 7.18. The number of aryl methyl sites for hydroxylation is 1. The lowest BCUT2D eigenvalue weighted by Gasteiger charge is -2.32. The molecule has 6 rings (SSSR count). The smallest absolute Gasteiger partial charge is 0.265 e. The Kier molecular flexibility index (Phi) is 5.57. The number of nitrogens with zero attached hydrogens (tertiary/aromatic N) is 3. The van der Waals surface area contributed by atoms with Crippen molar-refractivity contribution < 1.29 is 39.1 Å². The topological polar surface area (TPSA) is 137 Å². The zero-order valence-electron chi connectivity index (χ0n) is 21.5. The van der Waals surface area contributed by atoms with Crippen LogP contribution < -0.4 is 24.5 Å². The number of carbonyl (C=O) groups excluding carboxylic acids is 4. The second-order valence-electron chi connectivity index (χ2n) is 9.26. The van der Waals surface area contributed by atoms with Gasteiger partial charge in [-0.05, 0) is 67.1 Å². The van der Waals surface area contributed by atoms with Gasteiger partial charge in [0.25, 0.3) is 23.6 Å². The molecule has 11 heteroatoms. The number of rotatable bonds is 5. The van der Waals surface area contributed by atoms with E-state index in [1.165, 1.54) is 50.6 Å². The van der Waals surface area contributed by atoms with E-state index in [0.717, 1.165) is 9.80 Å². The molecule has 2 aliphatic rings. The molecular formula is C29H21N3O8. The molecule has 0 aliphatic carbocycles. The third-order valence-electron chi connectivity index (χ3n) is 7.18. The van der Waals surface area contributed by atoms with E-state index in [1.54, 1.807) is 31.2 Å². The van der Waals surface area contributed by atoms with Gasteiger partial charge in [-0.25, -0.2) is 9.80 Å². The van der Waals surface area contributed by atoms with Crippen LogP contribution in [0.15, 0.2) is 60.7 Å². The van der Waals surface area contributed by atoms with Gasteiger partial charge < -0.3 is 9.47 Å². The molecule has 0 bridgehead atoms. The number of amides is 4. The first kappa shape index (κ1) is 25.0. The van der Waals surface area contributed by atoms with E-state index in [9.17, 15) is 29.6 Å². The first-order valence-electron chi connectivity index (χ1n) is 12.1. The molecule has 2 aliphatic heterocycles. The Hall–Kier alpha value is -5.26. The summed E-state index contributed by atoms with van der Waals surface area (Å²) in [5.41, 5.74) is 1.49. The fraction of sp³-hybridized carbons (Fsp3) is 0.103. The lowest BCUT2D eigenvalue weighted by molar-refractivity contribution is 0.0278. The molecule has 0 spiro atoms. The quantitative estimate of drug-likeness (QED) is 0.280. The average Bonchev–Trinajstić information content (AvgIpc) is 2.95. The van der Waals surface area contributed by atoms with Crippen molar-refractivity contribution in [1.82, 2.24) is 0 Å². The van der Waals surface area contributed by atoms with Gasteiger partial charge >= 0.3 is 0 Å². The molecule has 40 heavy (non-hydrogen) atoms. The van der Waals surface area contributed by atoms with Gasteiger partial charge in [0.1, 0.15) is 17.2 Å². The monoisotopic (exact) mass is 539 g/mol. The average molecular weight is 540 g/mol. The van der Waals surface area contributed by atoms with Crippen molar-refractivity contribution >= 4 is 51.5 Å². The fourth-order valence-electron chi connectivity index (χ4n) is 5.28. The molecular weight excluding hydrogens is 518 g/mol. The predicted molar refractivity (Wildman–Crippen MR) is 143 cm³/mol. The maximum absolute atomic E-state index is 13.8. The van der Waals surface area contributed by atoms with Crippen LogP contribution in [-0.2, 0) is 0 Å². The number of imide groups is 2. The summed E-state index contributed by atoms with van der Waals surface area (Å²) >= 11 is 0. The normalized spacial score (nSPS) is 14.2. The van der Waals surface area contributed by atoms with Gasteiger partial charge in [-0.2, -0.15) is 0 Å². The molecule has 0 radical (unpaired) electrons. The molecule has 4 aromatic rings. The first-order chi connectivity index (χ1) is 19.2. The van der Waals surface area contributed by atoms with E-state index in [1.807, 2.05) is 0 Å². The first-order valence-corrected chi connectivity index (χ1v) is 12.1. The maximum atomic E-state index is 13.8. The van der Waals surface area contributed by atoms with Crippen LogP contribution in [0.5, 0.6) is 11.5 Å². The molecule has 2 N–H and O–H groups in total. The highest BCUT2D eigenvalue weighted by molar-refractivity contribution is 6.42. The van der Waals surface area contributed by atoms with Crippen molar-refractivity contribution in [1.29, 1.82) is 0 Å². The molecule has 0 aromatic heterocycles. The van der Waals surface area contributed by atoms with E-state index in [2.05, 4.69) is 0 Å². The van der Waals surface area contributed by atoms with Crippen LogP contribution in [0.4, 0.5) is 17.1 Å². The molecule has 0 unspecified atom stereocenters. The minimum atomic E-state index is -0.665. The summed E-state index contributed by atoms with van der Waals surface area (Å²) in [7, 11) is 2.82. The molecule has 0 atom stereocenters. The van der Waals surface area contributed by atoms with Crippen molar-refractivity contribution in [3.05, 3.63) is 88.5 Å². The number of ether oxygens (including phenoxy) is 2. The third kappa shape index (κ3) is 3.38. The highest BCUT2D eigenvalue weighted by Gasteiger charge is 2.41. The minimum Gasteiger partial charge on any atom is -0.497 e. The van der Waals surface area contributed by atoms with E-state index in [-0.39, 0.29) is 55.4 Å². The molecule has 2 heterocycles. The lowest BCUT2D eigenvalue weighted by Crippen LogP contribution is -2.43. The Bertz CT molecular complexity index is 1730. The Balaban J connectivity index is 1.50. The van der Waals surface area contributed by atoms with E-state index < -0.39 is 23.6 Å². The molecule has 4 aromatic carbocycles. The van der Waals surface area contributed by atoms with Crippen molar-refractivity contribution in [2.24, 2.45) is 0 Å². The number of hydrogen-bond donors (Lipinski definition) is 2. The van der Waals surface area contributed by atoms with Crippen molar-refractivity contribution in [2.45, 2.75) is 6.92 Å². The molecule has 0 saturated heterocycles. The summed E-state index contributed by atoms with van der Waals surface area (Å²) in [5, 5.41) is 19.4. The van der Waals surface area contributed by atoms with Crippen LogP contribution in [0.1, 0.15) is 47.0 Å². The standard InChI is InChI=1S/C29H21N3O8/c1-14-12-22(32(37)38)23(40-3)13-21(14)31-28(35)19-10-8-17-24-18(9-11-20(25(19)24)29(31)36)27(34)30(26(17)33)15-4-6-16(39-2)7-5-15/h4-13,37-38H,1-3H3. The van der Waals surface area contributed by atoms with Gasteiger partial charge in [0.05, 0.1) is 25.6 Å². The van der Waals surface area contributed by atoms with E-state index in [0.29, 0.717) is 17.0 Å². The summed E-state index contributed by atoms with van der Waals surface area (Å²) in [6.45, 7) is 1.60. The van der Waals surface area contributed by atoms with Crippen LogP contribution in [0.25, 0.3) is 10.8 Å². The molecule has 200 valence electrons. The molecule has 4 amide bonds. The van der Waals surface area contributed by atoms with Gasteiger partial charge in [-0.3, -0.25) is 29.6 Å². The molecule has 0 fully saturated rings.